The normalized spacial score (nSPS) is 15.8. The number of hydrogen-bond acceptors (Lipinski definition) is 0. The van der Waals surface area contributed by atoms with Crippen LogP contribution in [0.1, 0.15) is 22.3 Å². The molecule has 0 amide bonds. The topological polar surface area (TPSA) is 0 Å². The molecule has 8 heteroatoms. The maximum absolute atomic E-state index is 2.86. The van der Waals surface area contributed by atoms with Gasteiger partial charge in [-0.3, -0.25) is 0 Å². The lowest BCUT2D eigenvalue weighted by molar-refractivity contribution is 0.770. The summed E-state index contributed by atoms with van der Waals surface area (Å²) in [5, 5.41) is 3.58. The maximum Gasteiger partial charge on any atom is 0.0713 e. The monoisotopic (exact) mass is 810 g/mol. The Bertz CT molecular complexity index is 1680. The average molecular weight is 812 g/mol. The molecule has 0 fully saturated rings. The van der Waals surface area contributed by atoms with Gasteiger partial charge in [0, 0.05) is 45.5 Å². The Kier molecular flexibility index (Phi) is 10.3. The highest BCUT2D eigenvalue weighted by Crippen LogP contribution is 2.56. The van der Waals surface area contributed by atoms with E-state index in [1.54, 1.807) is 21.5 Å². The first-order valence-electron chi connectivity index (χ1n) is 19.5. The van der Waals surface area contributed by atoms with Crippen molar-refractivity contribution >= 4 is 69.2 Å². The van der Waals surface area contributed by atoms with Crippen molar-refractivity contribution in [3.05, 3.63) is 119 Å². The number of hydrogen-bond donors (Lipinski definition) is 0. The van der Waals surface area contributed by atoms with Crippen molar-refractivity contribution in [3.63, 3.8) is 0 Å². The van der Waals surface area contributed by atoms with Gasteiger partial charge in [0.25, 0.3) is 0 Å². The fraction of sp³-hybridized carbons (Fsp3) is 0.442. The molecule has 0 N–H and O–H groups in total. The van der Waals surface area contributed by atoms with Crippen LogP contribution < -0.4 is 10.4 Å². The van der Waals surface area contributed by atoms with Gasteiger partial charge in [0.2, 0.25) is 0 Å². The Morgan fingerprint density at radius 2 is 0.569 bits per heavy atom. The van der Waals surface area contributed by atoms with Crippen LogP contribution in [0.15, 0.2) is 97.1 Å². The van der Waals surface area contributed by atoms with Crippen molar-refractivity contribution in [3.8, 4) is 11.1 Å². The van der Waals surface area contributed by atoms with Crippen LogP contribution in [0.5, 0.6) is 0 Å². The summed E-state index contributed by atoms with van der Waals surface area (Å²) >= 11 is 0. The van der Waals surface area contributed by atoms with E-state index in [-0.39, 0.29) is 5.41 Å². The van der Waals surface area contributed by atoms with E-state index in [1.165, 1.54) is 22.3 Å². The van der Waals surface area contributed by atoms with E-state index in [2.05, 4.69) is 215 Å². The second kappa shape index (κ2) is 12.8. The molecule has 0 nitrogen and oxygen atoms in total. The summed E-state index contributed by atoms with van der Waals surface area (Å²) in [6.07, 6.45) is 0. The Morgan fingerprint density at radius 1 is 0.314 bits per heavy atom. The van der Waals surface area contributed by atoms with E-state index >= 15 is 0 Å². The van der Waals surface area contributed by atoms with Gasteiger partial charge in [-0.15, -0.1) is 0 Å². The molecule has 0 atom stereocenters. The highest BCUT2D eigenvalue weighted by Gasteiger charge is 2.64. The van der Waals surface area contributed by atoms with Crippen molar-refractivity contribution in [2.24, 2.45) is 0 Å². The predicted molar refractivity (Wildman–Crippen MR) is 255 cm³/mol. The van der Waals surface area contributed by atoms with Crippen molar-refractivity contribution < 1.29 is 0 Å². The lowest BCUT2D eigenvalue weighted by Gasteiger charge is -2.58. The Hall–Kier alpha value is -1.38. The molecule has 0 aliphatic heterocycles. The minimum atomic E-state index is -1.86. The highest BCUT2D eigenvalue weighted by atomic mass is 29.9. The van der Waals surface area contributed by atoms with Crippen LogP contribution in [-0.4, -0.2) is 58.8 Å². The van der Waals surface area contributed by atoms with Gasteiger partial charge < -0.3 is 0 Å². The molecule has 0 aromatic heterocycles. The SMILES string of the molecule is C[Si](C)(C)[Si](c1ccc2c(c1)C(c1ccccc1)(c1ccccc1)c1cc([Si]([Si](C)(C)C)([Si](C)(C)C)[Si](C)(C)C)ccc1-2)([Si](C)(C)C)[Si](C)(C)C. The molecule has 274 valence electrons. The van der Waals surface area contributed by atoms with Crippen molar-refractivity contribution in [1.29, 1.82) is 0 Å². The van der Waals surface area contributed by atoms with Crippen LogP contribution in [0, 0.1) is 0 Å². The van der Waals surface area contributed by atoms with E-state index in [4.69, 9.17) is 0 Å². The predicted octanol–water partition coefficient (Wildman–Crippen LogP) is 11.9. The third kappa shape index (κ3) is 5.83. The molecule has 0 heterocycles. The van der Waals surface area contributed by atoms with E-state index in [9.17, 15) is 0 Å². The summed E-state index contributed by atoms with van der Waals surface area (Å²) in [5.41, 5.74) is 8.55. The van der Waals surface area contributed by atoms with Crippen molar-refractivity contribution in [2.75, 3.05) is 0 Å². The van der Waals surface area contributed by atoms with Gasteiger partial charge >= 0.3 is 0 Å². The van der Waals surface area contributed by atoms with Crippen LogP contribution in [0.4, 0.5) is 0 Å². The molecular weight excluding hydrogens is 741 g/mol. The van der Waals surface area contributed by atoms with Gasteiger partial charge in [0.05, 0.1) is 18.7 Å². The summed E-state index contributed by atoms with van der Waals surface area (Å²) in [4.78, 5) is 0. The molecule has 5 rings (SSSR count). The fourth-order valence-electron chi connectivity index (χ4n) is 14.3. The van der Waals surface area contributed by atoms with Gasteiger partial charge in [-0.1, -0.05) is 225 Å². The van der Waals surface area contributed by atoms with Gasteiger partial charge in [-0.25, -0.2) is 0 Å². The molecule has 0 bridgehead atoms. The quantitative estimate of drug-likeness (QED) is 0.123. The summed E-state index contributed by atoms with van der Waals surface area (Å²) < 4.78 is 0. The molecule has 0 saturated heterocycles. The minimum absolute atomic E-state index is 0.351. The average Bonchev–Trinajstić information content (AvgIpc) is 3.24. The largest absolute Gasteiger partial charge is 0.0716 e. The Balaban J connectivity index is 2.05. The lowest BCUT2D eigenvalue weighted by Crippen LogP contribution is -2.88. The molecule has 4 aromatic rings. The summed E-state index contributed by atoms with van der Waals surface area (Å²) in [7, 11) is -9.49. The first-order chi connectivity index (χ1) is 23.1. The molecule has 51 heavy (non-hydrogen) atoms. The molecule has 1 aliphatic rings. The van der Waals surface area contributed by atoms with Gasteiger partial charge in [0.15, 0.2) is 0 Å². The van der Waals surface area contributed by atoms with Crippen molar-refractivity contribution in [1.82, 2.24) is 0 Å². The molecule has 0 unspecified atom stereocenters. The van der Waals surface area contributed by atoms with Crippen LogP contribution in [0.25, 0.3) is 11.1 Å². The van der Waals surface area contributed by atoms with Crippen LogP contribution in [0.2, 0.25) is 118 Å². The molecular formula is C43H70Si8. The third-order valence-electron chi connectivity index (χ3n) is 13.2. The van der Waals surface area contributed by atoms with Crippen LogP contribution in [0.3, 0.4) is 0 Å². The number of fused-ring (bicyclic) bond motifs is 3. The molecule has 1 aliphatic carbocycles. The zero-order valence-electron chi connectivity index (χ0n) is 35.7. The maximum atomic E-state index is 2.86. The lowest BCUT2D eigenvalue weighted by atomic mass is 9.68. The molecule has 4 aromatic carbocycles. The second-order valence-corrected chi connectivity index (χ2v) is 103. The standard InChI is InChI=1S/C43H70Si8/c1-44(2,3)50(45(4,5)6,46(7,8)9)37-29-31-39-40-32-30-38(51(47(10,11)12,48(13,14)15)49(16,17)18)34-42(40)43(41(39)33-37,35-25-21-19-22-26-35)36-27-23-20-24-28-36/h19-34H,1-18H3. The molecule has 0 saturated carbocycles. The van der Waals surface area contributed by atoms with E-state index in [0.29, 0.717) is 0 Å². The highest BCUT2D eigenvalue weighted by molar-refractivity contribution is 7.93. The van der Waals surface area contributed by atoms with Gasteiger partial charge in [-0.05, 0) is 33.4 Å². The van der Waals surface area contributed by atoms with Crippen LogP contribution in [-0.2, 0) is 5.41 Å². The summed E-state index contributed by atoms with van der Waals surface area (Å²) in [6.45, 7) is 45.8. The minimum Gasteiger partial charge on any atom is -0.0716 e. The first-order valence-corrected chi connectivity index (χ1v) is 50.5. The van der Waals surface area contributed by atoms with E-state index in [1.807, 2.05) is 0 Å². The molecule has 0 radical (unpaired) electrons. The smallest absolute Gasteiger partial charge is 0.0713 e. The number of rotatable bonds is 10. The summed E-state index contributed by atoms with van der Waals surface area (Å²) in [5.74, 6) is 0. The summed E-state index contributed by atoms with van der Waals surface area (Å²) in [6, 6.07) is 39.7. The van der Waals surface area contributed by atoms with Gasteiger partial charge in [0.1, 0.15) is 0 Å². The Labute approximate surface area is 320 Å². The van der Waals surface area contributed by atoms with Crippen LogP contribution >= 0.6 is 0 Å². The zero-order valence-corrected chi connectivity index (χ0v) is 43.7. The second-order valence-electron chi connectivity index (χ2n) is 22.0. The van der Waals surface area contributed by atoms with E-state index < -0.39 is 58.8 Å². The Morgan fingerprint density at radius 3 is 0.804 bits per heavy atom. The first kappa shape index (κ1) is 40.8. The van der Waals surface area contributed by atoms with E-state index in [0.717, 1.165) is 0 Å². The third-order valence-corrected chi connectivity index (χ3v) is 156. The fourth-order valence-corrected chi connectivity index (χ4v) is 215. The molecule has 0 spiro atoms. The number of benzene rings is 4. The van der Waals surface area contributed by atoms with Gasteiger partial charge in [-0.2, -0.15) is 0 Å². The zero-order chi connectivity index (χ0) is 38.4. The van der Waals surface area contributed by atoms with Crippen molar-refractivity contribution in [2.45, 2.75) is 123 Å².